The zero-order valence-electron chi connectivity index (χ0n) is 8.95. The van der Waals surface area contributed by atoms with Crippen LogP contribution in [0.15, 0.2) is 30.5 Å². The standard InChI is InChI=1S/C12H14N2O/c1-3-15-9-4-5-12-10(8-9)11(13-2)6-7-14-12/h4-8H,3H2,1-2H3,(H,13,14). The van der Waals surface area contributed by atoms with Gasteiger partial charge < -0.3 is 10.1 Å². The number of ether oxygens (including phenoxy) is 1. The van der Waals surface area contributed by atoms with E-state index in [-0.39, 0.29) is 0 Å². The average molecular weight is 202 g/mol. The minimum Gasteiger partial charge on any atom is -0.494 e. The number of aromatic nitrogens is 1. The summed E-state index contributed by atoms with van der Waals surface area (Å²) in [7, 11) is 1.90. The molecule has 0 aliphatic rings. The van der Waals surface area contributed by atoms with Crippen LogP contribution in [0.2, 0.25) is 0 Å². The van der Waals surface area contributed by atoms with Gasteiger partial charge in [0.15, 0.2) is 0 Å². The van der Waals surface area contributed by atoms with E-state index in [2.05, 4.69) is 10.3 Å². The first-order valence-electron chi connectivity index (χ1n) is 5.04. The van der Waals surface area contributed by atoms with Gasteiger partial charge in [-0.15, -0.1) is 0 Å². The lowest BCUT2D eigenvalue weighted by atomic mass is 10.2. The molecule has 0 atom stereocenters. The molecule has 1 aromatic carbocycles. The van der Waals surface area contributed by atoms with Gasteiger partial charge in [-0.25, -0.2) is 0 Å². The minimum atomic E-state index is 0.681. The Balaban J connectivity index is 2.57. The summed E-state index contributed by atoms with van der Waals surface area (Å²) in [6.45, 7) is 2.66. The molecule has 3 nitrogen and oxygen atoms in total. The van der Waals surface area contributed by atoms with Crippen molar-refractivity contribution < 1.29 is 4.74 Å². The second-order valence-corrected chi connectivity index (χ2v) is 3.22. The number of anilines is 1. The molecule has 0 unspecified atom stereocenters. The third-order valence-corrected chi connectivity index (χ3v) is 2.29. The lowest BCUT2D eigenvalue weighted by Gasteiger charge is -2.07. The SMILES string of the molecule is CCOc1ccc2nccc(NC)c2c1. The summed E-state index contributed by atoms with van der Waals surface area (Å²) in [4.78, 5) is 4.30. The van der Waals surface area contributed by atoms with Gasteiger partial charge >= 0.3 is 0 Å². The number of pyridine rings is 1. The van der Waals surface area contributed by atoms with Crippen molar-refractivity contribution >= 4 is 16.6 Å². The van der Waals surface area contributed by atoms with Crippen LogP contribution in [0, 0.1) is 0 Å². The first-order chi connectivity index (χ1) is 7.35. The molecule has 78 valence electrons. The van der Waals surface area contributed by atoms with Crippen molar-refractivity contribution in [1.82, 2.24) is 4.98 Å². The summed E-state index contributed by atoms with van der Waals surface area (Å²) in [6.07, 6.45) is 1.80. The molecule has 1 heterocycles. The highest BCUT2D eigenvalue weighted by Gasteiger charge is 2.01. The molecule has 0 spiro atoms. The maximum atomic E-state index is 5.46. The Labute approximate surface area is 89.1 Å². The molecule has 1 N–H and O–H groups in total. The molecule has 0 fully saturated rings. The molecule has 0 saturated carbocycles. The van der Waals surface area contributed by atoms with Crippen molar-refractivity contribution in [2.24, 2.45) is 0 Å². The fourth-order valence-corrected chi connectivity index (χ4v) is 1.60. The molecule has 15 heavy (non-hydrogen) atoms. The van der Waals surface area contributed by atoms with E-state index >= 15 is 0 Å². The maximum Gasteiger partial charge on any atom is 0.120 e. The van der Waals surface area contributed by atoms with Gasteiger partial charge in [0.25, 0.3) is 0 Å². The fourth-order valence-electron chi connectivity index (χ4n) is 1.60. The van der Waals surface area contributed by atoms with E-state index in [0.717, 1.165) is 22.3 Å². The van der Waals surface area contributed by atoms with Crippen molar-refractivity contribution in [2.75, 3.05) is 19.0 Å². The number of fused-ring (bicyclic) bond motifs is 1. The summed E-state index contributed by atoms with van der Waals surface area (Å²) in [5.41, 5.74) is 2.05. The van der Waals surface area contributed by atoms with Crippen molar-refractivity contribution in [2.45, 2.75) is 6.92 Å². The highest BCUT2D eigenvalue weighted by Crippen LogP contribution is 2.25. The van der Waals surface area contributed by atoms with Crippen LogP contribution in [0.3, 0.4) is 0 Å². The molecule has 0 bridgehead atoms. The Hall–Kier alpha value is -1.77. The molecule has 1 aromatic heterocycles. The Bertz CT molecular complexity index is 468. The van der Waals surface area contributed by atoms with Crippen molar-refractivity contribution in [3.8, 4) is 5.75 Å². The van der Waals surface area contributed by atoms with Gasteiger partial charge in [-0.1, -0.05) is 0 Å². The molecule has 0 saturated heterocycles. The van der Waals surface area contributed by atoms with E-state index in [0.29, 0.717) is 6.61 Å². The molecule has 0 amide bonds. The monoisotopic (exact) mass is 202 g/mol. The van der Waals surface area contributed by atoms with Gasteiger partial charge in [0, 0.05) is 24.3 Å². The molecule has 0 aliphatic heterocycles. The van der Waals surface area contributed by atoms with Crippen molar-refractivity contribution in [3.05, 3.63) is 30.5 Å². The molecule has 0 aliphatic carbocycles. The maximum absolute atomic E-state index is 5.46. The van der Waals surface area contributed by atoms with Crippen LogP contribution in [-0.2, 0) is 0 Å². The summed E-state index contributed by atoms with van der Waals surface area (Å²) in [5, 5.41) is 4.23. The average Bonchev–Trinajstić information content (AvgIpc) is 2.28. The summed E-state index contributed by atoms with van der Waals surface area (Å²) >= 11 is 0. The van der Waals surface area contributed by atoms with E-state index in [1.54, 1.807) is 6.20 Å². The van der Waals surface area contributed by atoms with E-state index in [4.69, 9.17) is 4.74 Å². The quantitative estimate of drug-likeness (QED) is 0.830. The van der Waals surface area contributed by atoms with Crippen LogP contribution < -0.4 is 10.1 Å². The molecular formula is C12H14N2O. The Morgan fingerprint density at radius 2 is 2.20 bits per heavy atom. The number of nitrogens with zero attached hydrogens (tertiary/aromatic N) is 1. The third kappa shape index (κ3) is 1.86. The zero-order valence-corrected chi connectivity index (χ0v) is 8.95. The largest absolute Gasteiger partial charge is 0.494 e. The van der Waals surface area contributed by atoms with Crippen molar-refractivity contribution in [1.29, 1.82) is 0 Å². The molecular weight excluding hydrogens is 188 g/mol. The number of nitrogens with one attached hydrogen (secondary N) is 1. The second-order valence-electron chi connectivity index (χ2n) is 3.22. The molecule has 3 heteroatoms. The predicted octanol–water partition coefficient (Wildman–Crippen LogP) is 2.68. The van der Waals surface area contributed by atoms with Crippen LogP contribution in [0.5, 0.6) is 5.75 Å². The lowest BCUT2D eigenvalue weighted by molar-refractivity contribution is 0.340. The highest BCUT2D eigenvalue weighted by molar-refractivity contribution is 5.91. The number of hydrogen-bond donors (Lipinski definition) is 1. The van der Waals surface area contributed by atoms with Gasteiger partial charge in [0.2, 0.25) is 0 Å². The summed E-state index contributed by atoms with van der Waals surface area (Å²) in [6, 6.07) is 7.88. The van der Waals surface area contributed by atoms with Gasteiger partial charge in [-0.3, -0.25) is 4.98 Å². The van der Waals surface area contributed by atoms with Crippen LogP contribution >= 0.6 is 0 Å². The Kier molecular flexibility index (Phi) is 2.72. The molecule has 2 rings (SSSR count). The Morgan fingerprint density at radius 1 is 1.33 bits per heavy atom. The van der Waals surface area contributed by atoms with E-state index in [1.807, 2.05) is 38.2 Å². The van der Waals surface area contributed by atoms with Crippen LogP contribution in [-0.4, -0.2) is 18.6 Å². The van der Waals surface area contributed by atoms with E-state index in [9.17, 15) is 0 Å². The second kappa shape index (κ2) is 4.17. The smallest absolute Gasteiger partial charge is 0.120 e. The van der Waals surface area contributed by atoms with Crippen molar-refractivity contribution in [3.63, 3.8) is 0 Å². The van der Waals surface area contributed by atoms with Crippen LogP contribution in [0.4, 0.5) is 5.69 Å². The van der Waals surface area contributed by atoms with Gasteiger partial charge in [-0.05, 0) is 31.2 Å². The summed E-state index contributed by atoms with van der Waals surface area (Å²) in [5.74, 6) is 0.884. The topological polar surface area (TPSA) is 34.1 Å². The molecule has 0 radical (unpaired) electrons. The fraction of sp³-hybridized carbons (Fsp3) is 0.250. The number of benzene rings is 1. The van der Waals surface area contributed by atoms with E-state index < -0.39 is 0 Å². The highest BCUT2D eigenvalue weighted by atomic mass is 16.5. The predicted molar refractivity (Wildman–Crippen MR) is 62.5 cm³/mol. The van der Waals surface area contributed by atoms with Crippen LogP contribution in [0.25, 0.3) is 10.9 Å². The lowest BCUT2D eigenvalue weighted by Crippen LogP contribution is -1.94. The van der Waals surface area contributed by atoms with Gasteiger partial charge in [-0.2, -0.15) is 0 Å². The summed E-state index contributed by atoms with van der Waals surface area (Å²) < 4.78 is 5.46. The molecule has 2 aromatic rings. The third-order valence-electron chi connectivity index (χ3n) is 2.29. The minimum absolute atomic E-state index is 0.681. The zero-order chi connectivity index (χ0) is 10.7. The van der Waals surface area contributed by atoms with Gasteiger partial charge in [0.1, 0.15) is 5.75 Å². The van der Waals surface area contributed by atoms with Gasteiger partial charge in [0.05, 0.1) is 12.1 Å². The normalized spacial score (nSPS) is 10.3. The number of rotatable bonds is 3. The van der Waals surface area contributed by atoms with E-state index in [1.165, 1.54) is 0 Å². The number of hydrogen-bond acceptors (Lipinski definition) is 3. The first kappa shape index (κ1) is 9.77. The Morgan fingerprint density at radius 3 is 2.93 bits per heavy atom. The van der Waals surface area contributed by atoms with Crippen LogP contribution in [0.1, 0.15) is 6.92 Å². The first-order valence-corrected chi connectivity index (χ1v) is 5.04.